The number of aryl methyl sites for hydroxylation is 1. The number of nitrogens with one attached hydrogen (secondary N) is 2. The maximum absolute atomic E-state index is 12.7. The molecule has 132 valence electrons. The number of anilines is 1. The molecule has 2 heterocycles. The monoisotopic (exact) mass is 353 g/mol. The first-order valence-corrected chi connectivity index (χ1v) is 8.14. The van der Waals surface area contributed by atoms with Crippen LogP contribution in [0.3, 0.4) is 0 Å². The largest absolute Gasteiger partial charge is 0.392 e. The van der Waals surface area contributed by atoms with Crippen molar-refractivity contribution < 1.29 is 14.7 Å². The highest BCUT2D eigenvalue weighted by atomic mass is 35.5. The summed E-state index contributed by atoms with van der Waals surface area (Å²) >= 11 is 0. The lowest BCUT2D eigenvalue weighted by Gasteiger charge is -2.33. The zero-order valence-corrected chi connectivity index (χ0v) is 14.5. The van der Waals surface area contributed by atoms with E-state index in [0.29, 0.717) is 25.9 Å². The highest BCUT2D eigenvalue weighted by Gasteiger charge is 2.34. The molecule has 2 aliphatic rings. The Hall–Kier alpha value is -1.63. The number of aliphatic hydroxyl groups excluding tert-OH is 1. The van der Waals surface area contributed by atoms with Crippen LogP contribution in [-0.4, -0.2) is 48.2 Å². The number of hydrogen-bond acceptors (Lipinski definition) is 4. The van der Waals surface area contributed by atoms with Crippen molar-refractivity contribution in [2.45, 2.75) is 44.4 Å². The molecule has 0 radical (unpaired) electrons. The highest BCUT2D eigenvalue weighted by molar-refractivity contribution is 6.00. The van der Waals surface area contributed by atoms with Gasteiger partial charge in [0.2, 0.25) is 11.8 Å². The van der Waals surface area contributed by atoms with E-state index in [1.807, 2.05) is 31.2 Å². The van der Waals surface area contributed by atoms with Crippen molar-refractivity contribution in [1.82, 2.24) is 10.6 Å². The number of aliphatic hydroxyl groups is 1. The molecule has 0 aromatic heterocycles. The van der Waals surface area contributed by atoms with E-state index >= 15 is 0 Å². The van der Waals surface area contributed by atoms with Crippen molar-refractivity contribution in [3.8, 4) is 0 Å². The Balaban J connectivity index is 0.00000208. The van der Waals surface area contributed by atoms with Gasteiger partial charge in [0.05, 0.1) is 12.1 Å². The van der Waals surface area contributed by atoms with Crippen LogP contribution in [0.4, 0.5) is 5.69 Å². The van der Waals surface area contributed by atoms with Crippen molar-refractivity contribution in [2.75, 3.05) is 18.0 Å². The molecule has 0 spiro atoms. The van der Waals surface area contributed by atoms with Gasteiger partial charge in [-0.15, -0.1) is 12.4 Å². The van der Waals surface area contributed by atoms with Gasteiger partial charge in [-0.1, -0.05) is 17.7 Å². The molecule has 2 fully saturated rings. The fourth-order valence-electron chi connectivity index (χ4n) is 3.18. The van der Waals surface area contributed by atoms with Crippen molar-refractivity contribution in [2.24, 2.45) is 0 Å². The molecule has 2 saturated heterocycles. The maximum Gasteiger partial charge on any atom is 0.249 e. The minimum Gasteiger partial charge on any atom is -0.392 e. The number of carbonyl (C=O) groups is 2. The van der Waals surface area contributed by atoms with Gasteiger partial charge in [-0.3, -0.25) is 9.59 Å². The smallest absolute Gasteiger partial charge is 0.249 e. The molecule has 1 aromatic rings. The Morgan fingerprint density at radius 3 is 2.67 bits per heavy atom. The zero-order chi connectivity index (χ0) is 16.4. The Bertz CT molecular complexity index is 593. The van der Waals surface area contributed by atoms with Crippen LogP contribution in [0, 0.1) is 6.92 Å². The minimum atomic E-state index is -0.489. The van der Waals surface area contributed by atoms with Gasteiger partial charge < -0.3 is 20.6 Å². The molecule has 0 bridgehead atoms. The number of β-amino-alcohol motifs (C(OH)–C–C–N with tert-alkyl or cyclic N) is 1. The third-order valence-corrected chi connectivity index (χ3v) is 4.52. The first kappa shape index (κ1) is 18.7. The second-order valence-electron chi connectivity index (χ2n) is 6.38. The van der Waals surface area contributed by atoms with E-state index in [1.54, 1.807) is 4.90 Å². The predicted octanol–water partition coefficient (Wildman–Crippen LogP) is 0.751. The lowest BCUT2D eigenvalue weighted by Crippen LogP contribution is -2.55. The maximum atomic E-state index is 12.7. The summed E-state index contributed by atoms with van der Waals surface area (Å²) in [5, 5.41) is 15.3. The van der Waals surface area contributed by atoms with Crippen LogP contribution in [0.1, 0.15) is 24.8 Å². The zero-order valence-electron chi connectivity index (χ0n) is 13.7. The van der Waals surface area contributed by atoms with E-state index in [2.05, 4.69) is 10.6 Å². The van der Waals surface area contributed by atoms with Gasteiger partial charge in [-0.25, -0.2) is 0 Å². The number of halogens is 1. The molecule has 0 aliphatic carbocycles. The molecule has 3 unspecified atom stereocenters. The summed E-state index contributed by atoms with van der Waals surface area (Å²) in [6.45, 7) is 3.11. The third-order valence-electron chi connectivity index (χ3n) is 4.52. The van der Waals surface area contributed by atoms with E-state index in [1.165, 1.54) is 0 Å². The van der Waals surface area contributed by atoms with E-state index in [4.69, 9.17) is 0 Å². The summed E-state index contributed by atoms with van der Waals surface area (Å²) < 4.78 is 0. The summed E-state index contributed by atoms with van der Waals surface area (Å²) in [6, 6.07) is 6.94. The summed E-state index contributed by atoms with van der Waals surface area (Å²) in [6.07, 6.45) is 1.42. The van der Waals surface area contributed by atoms with Gasteiger partial charge in [0.25, 0.3) is 0 Å². The normalized spacial score (nSPS) is 26.8. The second-order valence-corrected chi connectivity index (χ2v) is 6.38. The SMILES string of the molecule is Cc1ccc(N2CCCC(NC(=O)C3CC(O)CN3)C2=O)cc1.Cl. The topological polar surface area (TPSA) is 81.7 Å². The van der Waals surface area contributed by atoms with Crippen LogP contribution in [0.5, 0.6) is 0 Å². The van der Waals surface area contributed by atoms with Gasteiger partial charge in [-0.05, 0) is 38.3 Å². The van der Waals surface area contributed by atoms with Crippen LogP contribution in [0.15, 0.2) is 24.3 Å². The number of piperidine rings is 1. The fourth-order valence-corrected chi connectivity index (χ4v) is 3.18. The van der Waals surface area contributed by atoms with Crippen molar-refractivity contribution in [3.05, 3.63) is 29.8 Å². The van der Waals surface area contributed by atoms with Crippen LogP contribution < -0.4 is 15.5 Å². The Morgan fingerprint density at radius 2 is 2.04 bits per heavy atom. The van der Waals surface area contributed by atoms with Crippen molar-refractivity contribution in [3.63, 3.8) is 0 Å². The Kier molecular flexibility index (Phi) is 6.21. The molecule has 0 saturated carbocycles. The molecular formula is C17H24ClN3O3. The lowest BCUT2D eigenvalue weighted by atomic mass is 10.0. The van der Waals surface area contributed by atoms with Gasteiger partial charge in [0, 0.05) is 18.8 Å². The van der Waals surface area contributed by atoms with Crippen LogP contribution in [0.2, 0.25) is 0 Å². The number of benzene rings is 1. The van der Waals surface area contributed by atoms with Gasteiger partial charge in [0.1, 0.15) is 6.04 Å². The number of nitrogens with zero attached hydrogens (tertiary/aromatic N) is 1. The minimum absolute atomic E-state index is 0. The van der Waals surface area contributed by atoms with E-state index in [0.717, 1.165) is 17.7 Å². The fraction of sp³-hybridized carbons (Fsp3) is 0.529. The van der Waals surface area contributed by atoms with Gasteiger partial charge in [-0.2, -0.15) is 0 Å². The quantitative estimate of drug-likeness (QED) is 0.749. The molecular weight excluding hydrogens is 330 g/mol. The standard InChI is InChI=1S/C17H23N3O3.ClH/c1-11-4-6-12(7-5-11)20-8-2-3-14(17(20)23)19-16(22)15-9-13(21)10-18-15;/h4-7,13-15,18,21H,2-3,8-10H2,1H3,(H,19,22);1H. The number of amides is 2. The van der Waals surface area contributed by atoms with E-state index in [9.17, 15) is 14.7 Å². The van der Waals surface area contributed by atoms with E-state index < -0.39 is 18.2 Å². The molecule has 2 amide bonds. The number of carbonyl (C=O) groups excluding carboxylic acids is 2. The van der Waals surface area contributed by atoms with Crippen LogP contribution >= 0.6 is 12.4 Å². The number of hydrogen-bond donors (Lipinski definition) is 3. The summed E-state index contributed by atoms with van der Waals surface area (Å²) in [5.41, 5.74) is 2.02. The molecule has 3 atom stereocenters. The Labute approximate surface area is 148 Å². The van der Waals surface area contributed by atoms with Crippen LogP contribution in [-0.2, 0) is 9.59 Å². The van der Waals surface area contributed by atoms with Gasteiger partial charge in [0.15, 0.2) is 0 Å². The molecule has 1 aromatic carbocycles. The Morgan fingerprint density at radius 1 is 1.33 bits per heavy atom. The summed E-state index contributed by atoms with van der Waals surface area (Å²) in [5.74, 6) is -0.266. The number of rotatable bonds is 3. The third kappa shape index (κ3) is 4.06. The molecule has 6 nitrogen and oxygen atoms in total. The van der Waals surface area contributed by atoms with Gasteiger partial charge >= 0.3 is 0 Å². The average Bonchev–Trinajstić information content (AvgIpc) is 2.97. The van der Waals surface area contributed by atoms with Crippen molar-refractivity contribution in [1.29, 1.82) is 0 Å². The average molecular weight is 354 g/mol. The van der Waals surface area contributed by atoms with Crippen molar-refractivity contribution >= 4 is 29.9 Å². The molecule has 3 rings (SSSR count). The molecule has 24 heavy (non-hydrogen) atoms. The summed E-state index contributed by atoms with van der Waals surface area (Å²) in [4.78, 5) is 26.6. The van der Waals surface area contributed by atoms with Crippen LogP contribution in [0.25, 0.3) is 0 Å². The highest BCUT2D eigenvalue weighted by Crippen LogP contribution is 2.22. The lowest BCUT2D eigenvalue weighted by molar-refractivity contribution is -0.129. The summed E-state index contributed by atoms with van der Waals surface area (Å²) in [7, 11) is 0. The first-order valence-electron chi connectivity index (χ1n) is 8.14. The molecule has 3 N–H and O–H groups in total. The molecule has 7 heteroatoms. The molecule has 2 aliphatic heterocycles. The first-order chi connectivity index (χ1) is 11.0. The predicted molar refractivity (Wildman–Crippen MR) is 94.4 cm³/mol. The second kappa shape index (κ2) is 7.96. The van der Waals surface area contributed by atoms with E-state index in [-0.39, 0.29) is 24.2 Å².